The van der Waals surface area contributed by atoms with Gasteiger partial charge in [-0.05, 0) is 12.2 Å². The van der Waals surface area contributed by atoms with Gasteiger partial charge in [-0.3, -0.25) is 4.79 Å². The van der Waals surface area contributed by atoms with Gasteiger partial charge < -0.3 is 21.1 Å². The average Bonchev–Trinajstić information content (AvgIpc) is 2.10. The minimum Gasteiger partial charge on any atom is -0.395 e. The fraction of sp³-hybridized carbons (Fsp3) is 0.714. The highest BCUT2D eigenvalue weighted by Gasteiger charge is 2.07. The van der Waals surface area contributed by atoms with Gasteiger partial charge in [-0.15, -0.1) is 0 Å². The number of hydrogen-bond acceptors (Lipinski definition) is 3. The SMILES string of the molecule is CNC(=S)N(CCO)CCC(N)=O. The van der Waals surface area contributed by atoms with E-state index in [0.717, 1.165) is 0 Å². The highest BCUT2D eigenvalue weighted by molar-refractivity contribution is 7.80. The molecule has 76 valence electrons. The van der Waals surface area contributed by atoms with Gasteiger partial charge in [-0.25, -0.2) is 0 Å². The van der Waals surface area contributed by atoms with Crippen LogP contribution < -0.4 is 11.1 Å². The van der Waals surface area contributed by atoms with Crippen LogP contribution in [0, 0.1) is 0 Å². The highest BCUT2D eigenvalue weighted by Crippen LogP contribution is 1.92. The van der Waals surface area contributed by atoms with Crippen molar-refractivity contribution < 1.29 is 9.90 Å². The fourth-order valence-corrected chi connectivity index (χ4v) is 1.02. The van der Waals surface area contributed by atoms with Crippen LogP contribution in [0.15, 0.2) is 0 Å². The second-order valence-corrected chi connectivity index (χ2v) is 2.87. The van der Waals surface area contributed by atoms with E-state index in [2.05, 4.69) is 5.32 Å². The molecule has 1 amide bonds. The molecule has 6 heteroatoms. The van der Waals surface area contributed by atoms with E-state index in [1.54, 1.807) is 11.9 Å². The second-order valence-electron chi connectivity index (χ2n) is 2.48. The lowest BCUT2D eigenvalue weighted by molar-refractivity contribution is -0.118. The number of hydrogen-bond donors (Lipinski definition) is 3. The molecule has 0 aliphatic rings. The topological polar surface area (TPSA) is 78.6 Å². The fourth-order valence-electron chi connectivity index (χ4n) is 0.839. The second kappa shape index (κ2) is 6.62. The molecule has 0 fully saturated rings. The summed E-state index contributed by atoms with van der Waals surface area (Å²) >= 11 is 4.95. The molecule has 0 bridgehead atoms. The normalized spacial score (nSPS) is 9.38. The first kappa shape index (κ1) is 12.1. The summed E-state index contributed by atoms with van der Waals surface area (Å²) in [6.07, 6.45) is 0.238. The maximum absolute atomic E-state index is 10.5. The van der Waals surface area contributed by atoms with Gasteiger partial charge in [0.1, 0.15) is 0 Å². The summed E-state index contributed by atoms with van der Waals surface area (Å²) in [4.78, 5) is 12.2. The number of carbonyl (C=O) groups excluding carboxylic acids is 1. The minimum absolute atomic E-state index is 0.000577. The lowest BCUT2D eigenvalue weighted by atomic mass is 10.4. The highest BCUT2D eigenvalue weighted by atomic mass is 32.1. The maximum Gasteiger partial charge on any atom is 0.219 e. The molecule has 13 heavy (non-hydrogen) atoms. The van der Waals surface area contributed by atoms with E-state index in [1.165, 1.54) is 0 Å². The Balaban J connectivity index is 3.93. The molecule has 0 atom stereocenters. The van der Waals surface area contributed by atoms with Crippen molar-refractivity contribution >= 4 is 23.2 Å². The number of thiocarbonyl (C=S) groups is 1. The maximum atomic E-state index is 10.5. The van der Waals surface area contributed by atoms with Crippen molar-refractivity contribution in [3.63, 3.8) is 0 Å². The van der Waals surface area contributed by atoms with Gasteiger partial charge in [0.05, 0.1) is 6.61 Å². The van der Waals surface area contributed by atoms with Crippen LogP contribution >= 0.6 is 12.2 Å². The zero-order valence-electron chi connectivity index (χ0n) is 7.62. The third kappa shape index (κ3) is 5.37. The van der Waals surface area contributed by atoms with Crippen LogP contribution in [0.5, 0.6) is 0 Å². The number of nitrogens with one attached hydrogen (secondary N) is 1. The predicted molar refractivity (Wildman–Crippen MR) is 54.1 cm³/mol. The molecule has 0 aliphatic heterocycles. The average molecular weight is 205 g/mol. The number of aliphatic hydroxyl groups excluding tert-OH is 1. The van der Waals surface area contributed by atoms with Crippen molar-refractivity contribution in [2.45, 2.75) is 6.42 Å². The Morgan fingerprint density at radius 1 is 1.62 bits per heavy atom. The van der Waals surface area contributed by atoms with Gasteiger partial charge in [0.15, 0.2) is 5.11 Å². The van der Waals surface area contributed by atoms with Gasteiger partial charge in [-0.1, -0.05) is 0 Å². The van der Waals surface area contributed by atoms with Gasteiger partial charge in [-0.2, -0.15) is 0 Å². The summed E-state index contributed by atoms with van der Waals surface area (Å²) in [6.45, 7) is 0.850. The standard InChI is InChI=1S/C7H15N3O2S/c1-9-7(13)10(4-5-11)3-2-6(8)12/h11H,2-5H2,1H3,(H2,8,12)(H,9,13). The van der Waals surface area contributed by atoms with Crippen molar-refractivity contribution in [2.75, 3.05) is 26.7 Å². The molecule has 0 spiro atoms. The number of carbonyl (C=O) groups is 1. The number of nitrogens with zero attached hydrogens (tertiary/aromatic N) is 1. The lowest BCUT2D eigenvalue weighted by Crippen LogP contribution is -2.41. The third-order valence-corrected chi connectivity index (χ3v) is 1.96. The molecule has 0 aromatic heterocycles. The summed E-state index contributed by atoms with van der Waals surface area (Å²) in [7, 11) is 1.69. The Hall–Kier alpha value is -0.880. The summed E-state index contributed by atoms with van der Waals surface area (Å²) < 4.78 is 0. The van der Waals surface area contributed by atoms with Gasteiger partial charge in [0.25, 0.3) is 0 Å². The van der Waals surface area contributed by atoms with Crippen molar-refractivity contribution in [3.8, 4) is 0 Å². The summed E-state index contributed by atoms with van der Waals surface area (Å²) in [5, 5.41) is 12.0. The quantitative estimate of drug-likeness (QED) is 0.484. The van der Waals surface area contributed by atoms with E-state index >= 15 is 0 Å². The van der Waals surface area contributed by atoms with E-state index < -0.39 is 0 Å². The Kier molecular flexibility index (Phi) is 6.17. The van der Waals surface area contributed by atoms with E-state index in [1.807, 2.05) is 0 Å². The number of primary amides is 1. The van der Waals surface area contributed by atoms with Gasteiger partial charge in [0, 0.05) is 26.6 Å². The Bertz CT molecular complexity index is 187. The van der Waals surface area contributed by atoms with E-state index in [-0.39, 0.29) is 18.9 Å². The first-order valence-electron chi connectivity index (χ1n) is 3.97. The van der Waals surface area contributed by atoms with E-state index in [9.17, 15) is 4.79 Å². The summed E-state index contributed by atoms with van der Waals surface area (Å²) in [6, 6.07) is 0. The molecule has 0 saturated heterocycles. The van der Waals surface area contributed by atoms with Crippen molar-refractivity contribution in [3.05, 3.63) is 0 Å². The molecule has 0 aliphatic carbocycles. The van der Waals surface area contributed by atoms with Crippen molar-refractivity contribution in [1.29, 1.82) is 0 Å². The zero-order valence-corrected chi connectivity index (χ0v) is 8.43. The number of aliphatic hydroxyl groups is 1. The molecule has 0 rings (SSSR count). The lowest BCUT2D eigenvalue weighted by Gasteiger charge is -2.23. The largest absolute Gasteiger partial charge is 0.395 e. The molecule has 0 aromatic carbocycles. The van der Waals surface area contributed by atoms with E-state index in [0.29, 0.717) is 18.2 Å². The van der Waals surface area contributed by atoms with Crippen LogP contribution in [-0.4, -0.2) is 47.8 Å². The van der Waals surface area contributed by atoms with Crippen LogP contribution in [0.25, 0.3) is 0 Å². The van der Waals surface area contributed by atoms with E-state index in [4.69, 9.17) is 23.1 Å². The molecular weight excluding hydrogens is 190 g/mol. The number of rotatable bonds is 5. The molecule has 5 nitrogen and oxygen atoms in total. The van der Waals surface area contributed by atoms with Crippen LogP contribution in [0.2, 0.25) is 0 Å². The first-order valence-corrected chi connectivity index (χ1v) is 4.38. The molecular formula is C7H15N3O2S. The van der Waals surface area contributed by atoms with Crippen LogP contribution in [0.4, 0.5) is 0 Å². The third-order valence-electron chi connectivity index (χ3n) is 1.50. The number of amides is 1. The summed E-state index contributed by atoms with van der Waals surface area (Å²) in [5.74, 6) is -0.373. The first-order chi connectivity index (χ1) is 6.11. The van der Waals surface area contributed by atoms with Crippen LogP contribution in [-0.2, 0) is 4.79 Å². The predicted octanol–water partition coefficient (Wildman–Crippen LogP) is -1.34. The van der Waals surface area contributed by atoms with Crippen LogP contribution in [0.3, 0.4) is 0 Å². The van der Waals surface area contributed by atoms with Gasteiger partial charge >= 0.3 is 0 Å². The molecule has 0 heterocycles. The number of nitrogens with two attached hydrogens (primary N) is 1. The Labute approximate surface area is 82.9 Å². The molecule has 0 unspecified atom stereocenters. The summed E-state index contributed by atoms with van der Waals surface area (Å²) in [5.41, 5.74) is 4.99. The van der Waals surface area contributed by atoms with Gasteiger partial charge in [0.2, 0.25) is 5.91 Å². The van der Waals surface area contributed by atoms with Crippen molar-refractivity contribution in [2.24, 2.45) is 5.73 Å². The Morgan fingerprint density at radius 2 is 2.23 bits per heavy atom. The zero-order chi connectivity index (χ0) is 10.3. The molecule has 0 saturated carbocycles. The van der Waals surface area contributed by atoms with Crippen LogP contribution in [0.1, 0.15) is 6.42 Å². The molecule has 0 radical (unpaired) electrons. The van der Waals surface area contributed by atoms with Crippen molar-refractivity contribution in [1.82, 2.24) is 10.2 Å². The minimum atomic E-state index is -0.373. The smallest absolute Gasteiger partial charge is 0.219 e. The monoisotopic (exact) mass is 205 g/mol. The molecule has 0 aromatic rings. The Morgan fingerprint density at radius 3 is 2.62 bits per heavy atom. The molecule has 4 N–H and O–H groups in total.